The Morgan fingerprint density at radius 1 is 1.12 bits per heavy atom. The third-order valence-corrected chi connectivity index (χ3v) is 6.48. The average Bonchev–Trinajstić information content (AvgIpc) is 3.36. The maximum absolute atomic E-state index is 12.6. The summed E-state index contributed by atoms with van der Waals surface area (Å²) in [6.07, 6.45) is 0.318. The molecule has 0 unspecified atom stereocenters. The largest absolute Gasteiger partial charge is 0.326 e. The van der Waals surface area contributed by atoms with E-state index in [4.69, 9.17) is 11.6 Å². The summed E-state index contributed by atoms with van der Waals surface area (Å²) in [5.74, 6) is -0.629. The third kappa shape index (κ3) is 4.79. The van der Waals surface area contributed by atoms with E-state index in [9.17, 15) is 14.4 Å². The number of benzene rings is 2. The first-order chi connectivity index (χ1) is 15.3. The van der Waals surface area contributed by atoms with E-state index < -0.39 is 0 Å². The Labute approximate surface area is 193 Å². The molecule has 3 amide bonds. The molecular formula is C22H20ClN5O3S. The van der Waals surface area contributed by atoms with E-state index in [1.807, 2.05) is 19.1 Å². The number of carbonyl (C=O) groups is 3. The molecule has 0 bridgehead atoms. The summed E-state index contributed by atoms with van der Waals surface area (Å²) >= 11 is 7.46. The average molecular weight is 470 g/mol. The van der Waals surface area contributed by atoms with Crippen LogP contribution in [0.1, 0.15) is 40.2 Å². The molecule has 0 aliphatic carbocycles. The molecule has 8 nitrogen and oxygen atoms in total. The van der Waals surface area contributed by atoms with Crippen LogP contribution in [0.25, 0.3) is 0 Å². The number of rotatable bonds is 5. The number of aryl methyl sites for hydroxylation is 1. The van der Waals surface area contributed by atoms with Gasteiger partial charge in [0.25, 0.3) is 5.91 Å². The first kappa shape index (κ1) is 21.9. The quantitative estimate of drug-likeness (QED) is 0.581. The number of amides is 3. The van der Waals surface area contributed by atoms with Gasteiger partial charge in [0, 0.05) is 47.8 Å². The van der Waals surface area contributed by atoms with Crippen molar-refractivity contribution >= 4 is 57.2 Å². The Balaban J connectivity index is 1.41. The number of halogens is 1. The van der Waals surface area contributed by atoms with Crippen LogP contribution in [0.5, 0.6) is 0 Å². The van der Waals surface area contributed by atoms with Gasteiger partial charge in [0.15, 0.2) is 0 Å². The van der Waals surface area contributed by atoms with Crippen molar-refractivity contribution in [1.82, 2.24) is 10.2 Å². The summed E-state index contributed by atoms with van der Waals surface area (Å²) in [7, 11) is 0. The number of anilines is 3. The maximum Gasteiger partial charge on any atom is 0.257 e. The number of aromatic nitrogens is 2. The molecule has 2 aromatic carbocycles. The predicted octanol–water partition coefficient (Wildman–Crippen LogP) is 4.23. The van der Waals surface area contributed by atoms with Crippen LogP contribution in [0.3, 0.4) is 0 Å². The molecule has 164 valence electrons. The van der Waals surface area contributed by atoms with Crippen molar-refractivity contribution in [1.29, 1.82) is 0 Å². The maximum atomic E-state index is 12.6. The van der Waals surface area contributed by atoms with Gasteiger partial charge in [0.1, 0.15) is 5.01 Å². The summed E-state index contributed by atoms with van der Waals surface area (Å²) < 4.78 is 0. The molecule has 3 aromatic rings. The van der Waals surface area contributed by atoms with Gasteiger partial charge in [-0.3, -0.25) is 19.7 Å². The highest BCUT2D eigenvalue weighted by Crippen LogP contribution is 2.35. The van der Waals surface area contributed by atoms with E-state index in [1.54, 1.807) is 35.2 Å². The molecule has 0 radical (unpaired) electrons. The summed E-state index contributed by atoms with van der Waals surface area (Å²) in [6, 6.07) is 12.1. The summed E-state index contributed by atoms with van der Waals surface area (Å²) in [4.78, 5) is 37.9. The van der Waals surface area contributed by atoms with Crippen molar-refractivity contribution in [2.45, 2.75) is 26.2 Å². The molecule has 2 N–H and O–H groups in total. The van der Waals surface area contributed by atoms with Crippen molar-refractivity contribution < 1.29 is 14.4 Å². The topological polar surface area (TPSA) is 104 Å². The highest BCUT2D eigenvalue weighted by molar-refractivity contribution is 7.15. The van der Waals surface area contributed by atoms with Gasteiger partial charge in [-0.1, -0.05) is 29.0 Å². The Bertz CT molecular complexity index is 1190. The number of hydrogen-bond donors (Lipinski definition) is 2. The van der Waals surface area contributed by atoms with Gasteiger partial charge in [-0.05, 0) is 48.9 Å². The van der Waals surface area contributed by atoms with Crippen LogP contribution in [-0.4, -0.2) is 34.5 Å². The zero-order valence-corrected chi connectivity index (χ0v) is 19.0. The molecule has 1 fully saturated rings. The molecule has 1 aliphatic heterocycles. The highest BCUT2D eigenvalue weighted by atomic mass is 35.5. The molecule has 1 atom stereocenters. The lowest BCUT2D eigenvalue weighted by Gasteiger charge is -2.17. The molecule has 4 rings (SSSR count). The van der Waals surface area contributed by atoms with Crippen LogP contribution in [-0.2, 0) is 9.59 Å². The summed E-state index contributed by atoms with van der Waals surface area (Å²) in [5.41, 5.74) is 2.74. The lowest BCUT2D eigenvalue weighted by atomic mass is 10.1. The molecule has 1 aromatic heterocycles. The van der Waals surface area contributed by atoms with E-state index in [0.29, 0.717) is 39.4 Å². The van der Waals surface area contributed by atoms with Crippen molar-refractivity contribution in [3.8, 4) is 0 Å². The number of nitrogens with one attached hydrogen (secondary N) is 2. The molecule has 1 saturated heterocycles. The second kappa shape index (κ2) is 9.05. The van der Waals surface area contributed by atoms with Gasteiger partial charge >= 0.3 is 0 Å². The van der Waals surface area contributed by atoms with Gasteiger partial charge < -0.3 is 10.2 Å². The van der Waals surface area contributed by atoms with Gasteiger partial charge in [-0.25, -0.2) is 0 Å². The Morgan fingerprint density at radius 3 is 2.56 bits per heavy atom. The lowest BCUT2D eigenvalue weighted by molar-refractivity contribution is -0.117. The fourth-order valence-electron chi connectivity index (χ4n) is 3.40. The van der Waals surface area contributed by atoms with E-state index in [2.05, 4.69) is 20.8 Å². The highest BCUT2D eigenvalue weighted by Gasteiger charge is 2.34. The van der Waals surface area contributed by atoms with Crippen LogP contribution in [0.2, 0.25) is 5.02 Å². The molecule has 0 spiro atoms. The minimum Gasteiger partial charge on any atom is -0.326 e. The summed E-state index contributed by atoms with van der Waals surface area (Å²) in [6.45, 7) is 3.81. The second-order valence-corrected chi connectivity index (χ2v) is 8.91. The van der Waals surface area contributed by atoms with E-state index in [1.165, 1.54) is 18.3 Å². The van der Waals surface area contributed by atoms with E-state index in [0.717, 1.165) is 11.3 Å². The first-order valence-electron chi connectivity index (χ1n) is 9.89. The van der Waals surface area contributed by atoms with Gasteiger partial charge in [-0.15, -0.1) is 10.2 Å². The van der Waals surface area contributed by atoms with Crippen LogP contribution >= 0.6 is 22.9 Å². The molecule has 1 aliphatic rings. The third-order valence-electron chi connectivity index (χ3n) is 5.07. The Morgan fingerprint density at radius 2 is 1.88 bits per heavy atom. The molecule has 2 heterocycles. The molecule has 0 saturated carbocycles. The standard InChI is InChI=1S/C22H20ClN5O3S/c1-12-3-8-17(10-18(12)23)28-11-15(9-19(28)30)21-26-27-22(32-21)25-20(31)14-4-6-16(7-5-14)24-13(2)29/h3-8,10,15H,9,11H2,1-2H3,(H,24,29)(H,25,27,31)/t15-/m0/s1. The normalized spacial score (nSPS) is 15.7. The van der Waals surface area contributed by atoms with Crippen LogP contribution < -0.4 is 15.5 Å². The minimum absolute atomic E-state index is 0.00466. The number of carbonyl (C=O) groups excluding carboxylic acids is 3. The number of nitrogens with zero attached hydrogens (tertiary/aromatic N) is 3. The Kier molecular flexibility index (Phi) is 6.20. The van der Waals surface area contributed by atoms with Gasteiger partial charge in [0.2, 0.25) is 16.9 Å². The van der Waals surface area contributed by atoms with Gasteiger partial charge in [-0.2, -0.15) is 0 Å². The first-order valence-corrected chi connectivity index (χ1v) is 11.1. The van der Waals surface area contributed by atoms with Gasteiger partial charge in [0.05, 0.1) is 0 Å². The summed E-state index contributed by atoms with van der Waals surface area (Å²) in [5, 5.41) is 15.3. The Hall–Kier alpha value is -3.30. The second-order valence-electron chi connectivity index (χ2n) is 7.50. The van der Waals surface area contributed by atoms with Crippen molar-refractivity contribution in [2.75, 3.05) is 22.1 Å². The smallest absolute Gasteiger partial charge is 0.257 e. The van der Waals surface area contributed by atoms with Crippen molar-refractivity contribution in [3.63, 3.8) is 0 Å². The molecule has 10 heteroatoms. The zero-order chi connectivity index (χ0) is 22.8. The van der Waals surface area contributed by atoms with Crippen molar-refractivity contribution in [2.24, 2.45) is 0 Å². The lowest BCUT2D eigenvalue weighted by Crippen LogP contribution is -2.24. The SMILES string of the molecule is CC(=O)Nc1ccc(C(=O)Nc2nnc([C@H]3CC(=O)N(c4ccc(C)c(Cl)c4)C3)s2)cc1. The molecular weight excluding hydrogens is 450 g/mol. The fraction of sp³-hybridized carbons (Fsp3) is 0.227. The monoisotopic (exact) mass is 469 g/mol. The molecule has 32 heavy (non-hydrogen) atoms. The van der Waals surface area contributed by atoms with Crippen LogP contribution in [0.4, 0.5) is 16.5 Å². The predicted molar refractivity (Wildman–Crippen MR) is 125 cm³/mol. The van der Waals surface area contributed by atoms with Crippen LogP contribution in [0.15, 0.2) is 42.5 Å². The minimum atomic E-state index is -0.333. The van der Waals surface area contributed by atoms with Crippen LogP contribution in [0, 0.1) is 6.92 Å². The fourth-order valence-corrected chi connectivity index (χ4v) is 4.40. The van der Waals surface area contributed by atoms with Crippen molar-refractivity contribution in [3.05, 3.63) is 63.6 Å². The number of hydrogen-bond acceptors (Lipinski definition) is 6. The van der Waals surface area contributed by atoms with E-state index in [-0.39, 0.29) is 23.6 Å². The zero-order valence-electron chi connectivity index (χ0n) is 17.4. The van der Waals surface area contributed by atoms with E-state index >= 15 is 0 Å².